The number of rotatable bonds is 2. The highest BCUT2D eigenvalue weighted by Crippen LogP contribution is 2.53. The molecule has 1 amide bonds. The van der Waals surface area contributed by atoms with Gasteiger partial charge in [0.25, 0.3) is 5.91 Å². The topological polar surface area (TPSA) is 187 Å². The Bertz CT molecular complexity index is 1180. The third-order valence-electron chi connectivity index (χ3n) is 6.72. The van der Waals surface area contributed by atoms with E-state index in [0.29, 0.717) is 5.56 Å². The summed E-state index contributed by atoms with van der Waals surface area (Å²) in [6, 6.07) is -0.0146. The number of aromatic hydroxyl groups is 1. The first-order valence-corrected chi connectivity index (χ1v) is 10.2. The van der Waals surface area contributed by atoms with Crippen LogP contribution in [0, 0.1) is 11.8 Å². The fourth-order valence-electron chi connectivity index (χ4n) is 5.31. The number of aliphatic hydroxyl groups is 3. The number of primary amides is 1. The molecule has 3 aliphatic carbocycles. The predicted molar refractivity (Wildman–Crippen MR) is 121 cm³/mol. The minimum atomic E-state index is -2.67. The Morgan fingerprint density at radius 2 is 1.85 bits per heavy atom. The molecule has 3 unspecified atom stereocenters. The third-order valence-corrected chi connectivity index (χ3v) is 7.03. The van der Waals surface area contributed by atoms with Gasteiger partial charge in [-0.2, -0.15) is 0 Å². The minimum absolute atomic E-state index is 0. The number of nitrogens with zero attached hydrogens (tertiary/aromatic N) is 1. The summed E-state index contributed by atoms with van der Waals surface area (Å²) in [4.78, 5) is 39.9. The Hall–Kier alpha value is -2.79. The maximum Gasteiger partial charge on any atom is 0.255 e. The Morgan fingerprint density at radius 1 is 1.24 bits per heavy atom. The number of phenols is 1. The van der Waals surface area contributed by atoms with Crippen LogP contribution in [-0.2, 0) is 20.8 Å². The molecule has 1 aromatic carbocycles. The highest BCUT2D eigenvalue weighted by molar-refractivity contribution is 6.33. The van der Waals surface area contributed by atoms with Crippen LogP contribution in [0.15, 0.2) is 23.0 Å². The van der Waals surface area contributed by atoms with Gasteiger partial charge < -0.3 is 31.9 Å². The molecule has 0 aromatic heterocycles. The van der Waals surface area contributed by atoms with Crippen LogP contribution < -0.4 is 11.5 Å². The smallest absolute Gasteiger partial charge is 0.255 e. The Kier molecular flexibility index (Phi) is 5.96. The monoisotopic (exact) mass is 499 g/mol. The molecule has 0 bridgehead atoms. The summed E-state index contributed by atoms with van der Waals surface area (Å²) < 4.78 is 0. The van der Waals surface area contributed by atoms with Gasteiger partial charge in [-0.25, -0.2) is 0 Å². The van der Waals surface area contributed by atoms with E-state index in [1.807, 2.05) is 0 Å². The number of nitrogen functional groups attached to an aromatic ring is 1. The van der Waals surface area contributed by atoms with Gasteiger partial charge in [0, 0.05) is 17.6 Å². The number of likely N-dealkylation sites (N-methyl/N-ethyl adjacent to an activating group) is 1. The first-order chi connectivity index (χ1) is 14.8. The van der Waals surface area contributed by atoms with Gasteiger partial charge in [0.2, 0.25) is 5.78 Å². The lowest BCUT2D eigenvalue weighted by Gasteiger charge is -2.50. The van der Waals surface area contributed by atoms with Crippen molar-refractivity contribution in [2.45, 2.75) is 24.5 Å². The lowest BCUT2D eigenvalue weighted by molar-refractivity contribution is -0.153. The Morgan fingerprint density at radius 3 is 2.39 bits per heavy atom. The molecular weight excluding hydrogens is 477 g/mol. The van der Waals surface area contributed by atoms with Crippen molar-refractivity contribution in [1.29, 1.82) is 0 Å². The highest BCUT2D eigenvalue weighted by atomic mass is 35.5. The van der Waals surface area contributed by atoms with Crippen LogP contribution in [0.4, 0.5) is 5.69 Å². The number of ketones is 2. The Balaban J connectivity index is 0.00000306. The molecule has 178 valence electrons. The number of benzene rings is 1. The van der Waals surface area contributed by atoms with Crippen molar-refractivity contribution in [1.82, 2.24) is 4.90 Å². The maximum atomic E-state index is 13.6. The van der Waals surface area contributed by atoms with Gasteiger partial charge in [0.15, 0.2) is 11.4 Å². The number of phenolic OH excluding ortho intramolecular Hbond substituents is 1. The van der Waals surface area contributed by atoms with E-state index in [2.05, 4.69) is 0 Å². The van der Waals surface area contributed by atoms with Gasteiger partial charge in [-0.3, -0.25) is 19.3 Å². The molecule has 0 aliphatic heterocycles. The SMILES string of the molecule is CN(C)[C@@H]1C(=O)C(C(N)=O)=C(O)C2(O)C(=O)C3=C(O)c4c(O)cc(Cl)c(N)c4CC3CC12.Cl. The number of amides is 1. The van der Waals surface area contributed by atoms with Crippen molar-refractivity contribution in [3.63, 3.8) is 0 Å². The minimum Gasteiger partial charge on any atom is -0.508 e. The lowest BCUT2D eigenvalue weighted by atomic mass is 9.57. The van der Waals surface area contributed by atoms with Crippen molar-refractivity contribution < 1.29 is 34.8 Å². The number of nitrogens with two attached hydrogens (primary N) is 2. The zero-order valence-corrected chi connectivity index (χ0v) is 19.2. The van der Waals surface area contributed by atoms with E-state index in [-0.39, 0.29) is 47.1 Å². The first-order valence-electron chi connectivity index (χ1n) is 9.78. The standard InChI is InChI=1S/C21H22ClN3O7.ClH/c1-25(2)15-8-4-6-3-7-12(10(26)5-9(22)14(7)23)16(27)11(6)18(29)21(8,32)19(30)13(17(15)28)20(24)31;/h5-6,8,15,26-27,30,32H,3-4,23H2,1-2H3,(H2,24,31);1H/t6?,8?,15-,21?;/m0./s1. The lowest BCUT2D eigenvalue weighted by Crippen LogP contribution is -2.65. The largest absolute Gasteiger partial charge is 0.508 e. The van der Waals surface area contributed by atoms with Crippen molar-refractivity contribution in [3.8, 4) is 5.75 Å². The number of hydrogen-bond acceptors (Lipinski definition) is 9. The maximum absolute atomic E-state index is 13.6. The number of anilines is 1. The van der Waals surface area contributed by atoms with Crippen LogP contribution in [0.25, 0.3) is 5.76 Å². The molecule has 10 nitrogen and oxygen atoms in total. The number of carbonyl (C=O) groups is 3. The second-order valence-electron chi connectivity index (χ2n) is 8.61. The molecule has 33 heavy (non-hydrogen) atoms. The number of fused-ring (bicyclic) bond motifs is 3. The molecule has 8 N–H and O–H groups in total. The van der Waals surface area contributed by atoms with E-state index in [4.69, 9.17) is 23.1 Å². The zero-order chi connectivity index (χ0) is 23.9. The molecule has 0 heterocycles. The van der Waals surface area contributed by atoms with Gasteiger partial charge in [0.1, 0.15) is 22.8 Å². The van der Waals surface area contributed by atoms with E-state index in [0.717, 1.165) is 6.07 Å². The fourth-order valence-corrected chi connectivity index (χ4v) is 5.53. The van der Waals surface area contributed by atoms with Gasteiger partial charge in [-0.1, -0.05) is 11.6 Å². The number of hydrogen-bond donors (Lipinski definition) is 6. The number of carbonyl (C=O) groups excluding carboxylic acids is 3. The first kappa shape index (κ1) is 24.8. The molecule has 1 aromatic rings. The molecule has 0 saturated heterocycles. The van der Waals surface area contributed by atoms with Crippen LogP contribution in [-0.4, -0.2) is 68.5 Å². The molecule has 3 aliphatic rings. The highest BCUT2D eigenvalue weighted by Gasteiger charge is 2.64. The Labute approximate surface area is 199 Å². The third kappa shape index (κ3) is 3.12. The molecule has 4 rings (SSSR count). The summed E-state index contributed by atoms with van der Waals surface area (Å²) in [5.74, 6) is -7.16. The molecule has 0 radical (unpaired) electrons. The van der Waals surface area contributed by atoms with E-state index in [1.165, 1.54) is 19.0 Å². The number of halogens is 2. The summed E-state index contributed by atoms with van der Waals surface area (Å²) in [6.07, 6.45) is 0.0764. The second-order valence-corrected chi connectivity index (χ2v) is 9.01. The van der Waals surface area contributed by atoms with Crippen LogP contribution >= 0.6 is 24.0 Å². The van der Waals surface area contributed by atoms with Crippen LogP contribution in [0.5, 0.6) is 5.75 Å². The van der Waals surface area contributed by atoms with Gasteiger partial charge >= 0.3 is 0 Å². The van der Waals surface area contributed by atoms with Crippen molar-refractivity contribution >= 4 is 52.9 Å². The fraction of sp³-hybridized carbons (Fsp3) is 0.381. The molecule has 0 spiro atoms. The van der Waals surface area contributed by atoms with Crippen LogP contribution in [0.2, 0.25) is 5.02 Å². The summed E-state index contributed by atoms with van der Waals surface area (Å²) in [5, 5.41) is 43.5. The summed E-state index contributed by atoms with van der Waals surface area (Å²) in [6.45, 7) is 0. The quantitative estimate of drug-likeness (QED) is 0.192. The van der Waals surface area contributed by atoms with Crippen LogP contribution in [0.3, 0.4) is 0 Å². The van der Waals surface area contributed by atoms with E-state index in [9.17, 15) is 34.8 Å². The second kappa shape index (κ2) is 7.91. The normalized spacial score (nSPS) is 28.8. The summed E-state index contributed by atoms with van der Waals surface area (Å²) >= 11 is 6.06. The molecule has 4 atom stereocenters. The average molecular weight is 500 g/mol. The number of Topliss-reactive ketones (excluding diaryl/α,β-unsaturated/α-hetero) is 2. The van der Waals surface area contributed by atoms with Crippen molar-refractivity contribution in [3.05, 3.63) is 39.1 Å². The van der Waals surface area contributed by atoms with Gasteiger partial charge in [-0.15, -0.1) is 12.4 Å². The molecule has 1 fully saturated rings. The van der Waals surface area contributed by atoms with Gasteiger partial charge in [-0.05, 0) is 38.4 Å². The predicted octanol–water partition coefficient (Wildman–Crippen LogP) is 0.621. The van der Waals surface area contributed by atoms with Crippen LogP contribution in [0.1, 0.15) is 17.5 Å². The summed E-state index contributed by atoms with van der Waals surface area (Å²) in [5.41, 5.74) is 7.92. The molecular formula is C21H23Cl2N3O7. The van der Waals surface area contributed by atoms with E-state index < -0.39 is 63.8 Å². The summed E-state index contributed by atoms with van der Waals surface area (Å²) in [7, 11) is 3.06. The van der Waals surface area contributed by atoms with Crippen molar-refractivity contribution in [2.24, 2.45) is 17.6 Å². The molecule has 12 heteroatoms. The number of aliphatic hydroxyl groups excluding tert-OH is 2. The van der Waals surface area contributed by atoms with E-state index in [1.54, 1.807) is 0 Å². The van der Waals surface area contributed by atoms with Gasteiger partial charge in [0.05, 0.1) is 22.3 Å². The zero-order valence-electron chi connectivity index (χ0n) is 17.6. The average Bonchev–Trinajstić information content (AvgIpc) is 2.68. The molecule has 1 saturated carbocycles. The van der Waals surface area contributed by atoms with E-state index >= 15 is 0 Å². The van der Waals surface area contributed by atoms with Crippen molar-refractivity contribution in [2.75, 3.05) is 19.8 Å².